The lowest BCUT2D eigenvalue weighted by Gasteiger charge is -2.21. The van der Waals surface area contributed by atoms with Crippen LogP contribution in [0.5, 0.6) is 0 Å². The lowest BCUT2D eigenvalue weighted by Crippen LogP contribution is -2.17. The Bertz CT molecular complexity index is 372. The van der Waals surface area contributed by atoms with Crippen molar-refractivity contribution in [3.05, 3.63) is 35.4 Å². The molecule has 94 valence electrons. The van der Waals surface area contributed by atoms with Gasteiger partial charge in [0.15, 0.2) is 11.6 Å². The highest BCUT2D eigenvalue weighted by Crippen LogP contribution is 2.34. The van der Waals surface area contributed by atoms with Crippen molar-refractivity contribution in [3.8, 4) is 0 Å². The fraction of sp³-hybridized carbons (Fsp3) is 0.571. The molecular weight excluding hydrogens is 286 g/mol. The summed E-state index contributed by atoms with van der Waals surface area (Å²) in [6.07, 6.45) is 5.65. The molecule has 0 amide bonds. The molecule has 1 aromatic rings. The van der Waals surface area contributed by atoms with Crippen LogP contribution in [0.2, 0.25) is 0 Å². The van der Waals surface area contributed by atoms with Crippen LogP contribution in [0.3, 0.4) is 0 Å². The van der Waals surface area contributed by atoms with Crippen molar-refractivity contribution in [2.24, 2.45) is 11.8 Å². The molecule has 0 heterocycles. The Morgan fingerprint density at radius 1 is 1.24 bits per heavy atom. The summed E-state index contributed by atoms with van der Waals surface area (Å²) >= 11 is 3.51. The third-order valence-electron chi connectivity index (χ3n) is 3.78. The fourth-order valence-corrected chi connectivity index (χ4v) is 3.52. The highest BCUT2D eigenvalue weighted by atomic mass is 79.9. The first-order valence-electron chi connectivity index (χ1n) is 6.21. The van der Waals surface area contributed by atoms with Gasteiger partial charge in [0.1, 0.15) is 0 Å². The zero-order valence-electron chi connectivity index (χ0n) is 9.76. The molecule has 1 aliphatic rings. The van der Waals surface area contributed by atoms with Gasteiger partial charge in [-0.25, -0.2) is 8.78 Å². The summed E-state index contributed by atoms with van der Waals surface area (Å²) in [5, 5.41) is 0.869. The Morgan fingerprint density at radius 3 is 2.59 bits per heavy atom. The first-order valence-corrected chi connectivity index (χ1v) is 7.33. The largest absolute Gasteiger partial charge is 0.204 e. The lowest BCUT2D eigenvalue weighted by atomic mass is 9.87. The van der Waals surface area contributed by atoms with Crippen molar-refractivity contribution in [2.45, 2.75) is 32.1 Å². The summed E-state index contributed by atoms with van der Waals surface area (Å²) < 4.78 is 26.7. The predicted molar refractivity (Wildman–Crippen MR) is 69.3 cm³/mol. The second-order valence-corrected chi connectivity index (χ2v) is 5.52. The molecule has 0 radical (unpaired) electrons. The van der Waals surface area contributed by atoms with E-state index in [0.29, 0.717) is 23.8 Å². The molecule has 2 rings (SSSR count). The van der Waals surface area contributed by atoms with Crippen molar-refractivity contribution >= 4 is 15.9 Å². The zero-order valence-corrected chi connectivity index (χ0v) is 11.3. The van der Waals surface area contributed by atoms with Crippen LogP contribution in [0.1, 0.15) is 31.2 Å². The molecule has 1 saturated carbocycles. The van der Waals surface area contributed by atoms with Gasteiger partial charge in [-0.05, 0) is 29.9 Å². The smallest absolute Gasteiger partial charge is 0.162 e. The number of alkyl halides is 1. The number of halogens is 3. The van der Waals surface area contributed by atoms with Gasteiger partial charge in [0, 0.05) is 5.33 Å². The maximum absolute atomic E-state index is 13.6. The molecule has 0 spiro atoms. The Morgan fingerprint density at radius 2 is 1.94 bits per heavy atom. The average Bonchev–Trinajstić information content (AvgIpc) is 2.85. The van der Waals surface area contributed by atoms with Gasteiger partial charge in [0.05, 0.1) is 0 Å². The average molecular weight is 303 g/mol. The van der Waals surface area contributed by atoms with Gasteiger partial charge in [-0.15, -0.1) is 0 Å². The summed E-state index contributed by atoms with van der Waals surface area (Å²) in [6, 6.07) is 4.47. The maximum atomic E-state index is 13.6. The molecule has 1 aliphatic carbocycles. The van der Waals surface area contributed by atoms with E-state index in [4.69, 9.17) is 0 Å². The van der Waals surface area contributed by atoms with Gasteiger partial charge in [0.2, 0.25) is 0 Å². The first-order chi connectivity index (χ1) is 8.22. The lowest BCUT2D eigenvalue weighted by molar-refractivity contribution is 0.366. The quantitative estimate of drug-likeness (QED) is 0.707. The fourth-order valence-electron chi connectivity index (χ4n) is 2.76. The highest BCUT2D eigenvalue weighted by Gasteiger charge is 2.25. The Hall–Kier alpha value is -0.440. The number of hydrogen-bond donors (Lipinski definition) is 0. The van der Waals surface area contributed by atoms with E-state index >= 15 is 0 Å². The van der Waals surface area contributed by atoms with Crippen LogP contribution in [-0.2, 0) is 6.42 Å². The minimum Gasteiger partial charge on any atom is -0.204 e. The molecule has 3 heteroatoms. The molecule has 1 fully saturated rings. The SMILES string of the molecule is Fc1cccc(CC(CBr)C2CCCC2)c1F. The van der Waals surface area contributed by atoms with Crippen LogP contribution in [0.15, 0.2) is 18.2 Å². The van der Waals surface area contributed by atoms with Crippen LogP contribution in [0.25, 0.3) is 0 Å². The van der Waals surface area contributed by atoms with Gasteiger partial charge in [-0.1, -0.05) is 53.7 Å². The monoisotopic (exact) mass is 302 g/mol. The Balaban J connectivity index is 2.09. The predicted octanol–water partition coefficient (Wildman–Crippen LogP) is 4.71. The van der Waals surface area contributed by atoms with Crippen molar-refractivity contribution in [1.82, 2.24) is 0 Å². The van der Waals surface area contributed by atoms with E-state index in [1.54, 1.807) is 12.1 Å². The highest BCUT2D eigenvalue weighted by molar-refractivity contribution is 9.09. The maximum Gasteiger partial charge on any atom is 0.162 e. The molecule has 0 aliphatic heterocycles. The molecule has 1 unspecified atom stereocenters. The topological polar surface area (TPSA) is 0 Å². The van der Waals surface area contributed by atoms with E-state index in [0.717, 1.165) is 5.33 Å². The molecule has 17 heavy (non-hydrogen) atoms. The molecular formula is C14H17BrF2. The summed E-state index contributed by atoms with van der Waals surface area (Å²) in [6.45, 7) is 0. The minimum absolute atomic E-state index is 0.425. The summed E-state index contributed by atoms with van der Waals surface area (Å²) in [4.78, 5) is 0. The van der Waals surface area contributed by atoms with Crippen LogP contribution >= 0.6 is 15.9 Å². The van der Waals surface area contributed by atoms with E-state index in [2.05, 4.69) is 15.9 Å². The van der Waals surface area contributed by atoms with Crippen molar-refractivity contribution in [1.29, 1.82) is 0 Å². The molecule has 0 saturated heterocycles. The third-order valence-corrected chi connectivity index (χ3v) is 4.61. The van der Waals surface area contributed by atoms with Gasteiger partial charge >= 0.3 is 0 Å². The first kappa shape index (κ1) is 13.0. The zero-order chi connectivity index (χ0) is 12.3. The molecule has 0 bridgehead atoms. The normalized spacial score (nSPS) is 18.5. The minimum atomic E-state index is -0.734. The van der Waals surface area contributed by atoms with E-state index in [1.165, 1.54) is 31.7 Å². The molecule has 0 aromatic heterocycles. The van der Waals surface area contributed by atoms with Crippen molar-refractivity contribution in [2.75, 3.05) is 5.33 Å². The summed E-state index contributed by atoms with van der Waals surface area (Å²) in [5.41, 5.74) is 0.515. The van der Waals surface area contributed by atoms with Crippen molar-refractivity contribution < 1.29 is 8.78 Å². The van der Waals surface area contributed by atoms with Crippen molar-refractivity contribution in [3.63, 3.8) is 0 Å². The molecule has 0 nitrogen and oxygen atoms in total. The molecule has 0 N–H and O–H groups in total. The standard InChI is InChI=1S/C14H17BrF2/c15-9-12(10-4-1-2-5-10)8-11-6-3-7-13(16)14(11)17/h3,6-7,10,12H,1-2,4-5,8-9H2. The van der Waals surface area contributed by atoms with Crippen LogP contribution in [0, 0.1) is 23.5 Å². The van der Waals surface area contributed by atoms with Crippen LogP contribution < -0.4 is 0 Å². The molecule has 1 aromatic carbocycles. The van der Waals surface area contributed by atoms with Gasteiger partial charge in [-0.2, -0.15) is 0 Å². The van der Waals surface area contributed by atoms with Gasteiger partial charge in [0.25, 0.3) is 0 Å². The number of benzene rings is 1. The number of hydrogen-bond acceptors (Lipinski definition) is 0. The second kappa shape index (κ2) is 5.94. The second-order valence-electron chi connectivity index (χ2n) is 4.88. The Kier molecular flexibility index (Phi) is 4.55. The van der Waals surface area contributed by atoms with E-state index in [9.17, 15) is 8.78 Å². The number of rotatable bonds is 4. The van der Waals surface area contributed by atoms with Gasteiger partial charge in [-0.3, -0.25) is 0 Å². The third kappa shape index (κ3) is 3.06. The van der Waals surface area contributed by atoms with E-state index in [1.807, 2.05) is 0 Å². The van der Waals surface area contributed by atoms with Gasteiger partial charge < -0.3 is 0 Å². The van der Waals surface area contributed by atoms with E-state index in [-0.39, 0.29) is 0 Å². The summed E-state index contributed by atoms with van der Waals surface area (Å²) in [5.74, 6) is -0.315. The Labute approximate surface area is 110 Å². The van der Waals surface area contributed by atoms with Crippen LogP contribution in [0.4, 0.5) is 8.78 Å². The molecule has 1 atom stereocenters. The van der Waals surface area contributed by atoms with Crippen LogP contribution in [-0.4, -0.2) is 5.33 Å². The summed E-state index contributed by atoms with van der Waals surface area (Å²) in [7, 11) is 0. The van der Waals surface area contributed by atoms with E-state index < -0.39 is 11.6 Å².